The molecule has 0 aromatic heterocycles. The first-order chi connectivity index (χ1) is 8.01. The zero-order chi connectivity index (χ0) is 13.3. The van der Waals surface area contributed by atoms with E-state index in [2.05, 4.69) is 41.7 Å². The molecule has 0 bridgehead atoms. The lowest BCUT2D eigenvalue weighted by Crippen LogP contribution is -2.44. The van der Waals surface area contributed by atoms with E-state index in [4.69, 9.17) is 0 Å². The van der Waals surface area contributed by atoms with Crippen LogP contribution in [0.4, 0.5) is 0 Å². The molecule has 0 aliphatic rings. The van der Waals surface area contributed by atoms with Crippen molar-refractivity contribution < 1.29 is 4.79 Å². The van der Waals surface area contributed by atoms with Crippen molar-refractivity contribution in [3.8, 4) is 0 Å². The van der Waals surface area contributed by atoms with Gasteiger partial charge in [-0.25, -0.2) is 4.99 Å². The Morgan fingerprint density at radius 1 is 1.12 bits per heavy atom. The van der Waals surface area contributed by atoms with Gasteiger partial charge in [0, 0.05) is 19.1 Å². The summed E-state index contributed by atoms with van der Waals surface area (Å²) in [6.07, 6.45) is 0. The van der Waals surface area contributed by atoms with E-state index in [1.807, 2.05) is 13.8 Å². The highest BCUT2D eigenvalue weighted by molar-refractivity contribution is 5.85. The second-order valence-corrected chi connectivity index (χ2v) is 4.33. The van der Waals surface area contributed by atoms with Gasteiger partial charge in [-0.2, -0.15) is 0 Å². The van der Waals surface area contributed by atoms with Crippen LogP contribution in [0.1, 0.15) is 34.6 Å². The first kappa shape index (κ1) is 15.7. The molecule has 1 amide bonds. The van der Waals surface area contributed by atoms with Gasteiger partial charge < -0.3 is 16.0 Å². The number of carbonyl (C=O) groups is 1. The smallest absolute Gasteiger partial charge is 0.241 e. The summed E-state index contributed by atoms with van der Waals surface area (Å²) >= 11 is 0. The van der Waals surface area contributed by atoms with Crippen LogP contribution in [0.2, 0.25) is 0 Å². The molecule has 0 aliphatic carbocycles. The third kappa shape index (κ3) is 7.60. The largest absolute Gasteiger partial charge is 0.357 e. The van der Waals surface area contributed by atoms with Crippen molar-refractivity contribution >= 4 is 11.9 Å². The van der Waals surface area contributed by atoms with Crippen LogP contribution in [0.25, 0.3) is 0 Å². The Kier molecular flexibility index (Phi) is 8.19. The molecule has 3 N–H and O–H groups in total. The van der Waals surface area contributed by atoms with Gasteiger partial charge in [0.05, 0.1) is 0 Å². The Labute approximate surface area is 104 Å². The van der Waals surface area contributed by atoms with Crippen LogP contribution in [-0.2, 0) is 4.79 Å². The summed E-state index contributed by atoms with van der Waals surface area (Å²) < 4.78 is 0. The lowest BCUT2D eigenvalue weighted by atomic mass is 10.1. The molecule has 100 valence electrons. The number of carbonyl (C=O) groups excluding carboxylic acids is 1. The number of guanidine groups is 1. The van der Waals surface area contributed by atoms with Crippen LogP contribution in [0.5, 0.6) is 0 Å². The first-order valence-electron chi connectivity index (χ1n) is 6.32. The number of hydrogen-bond acceptors (Lipinski definition) is 2. The highest BCUT2D eigenvalue weighted by Crippen LogP contribution is 1.98. The number of nitrogens with one attached hydrogen (secondary N) is 3. The average Bonchev–Trinajstić information content (AvgIpc) is 2.26. The summed E-state index contributed by atoms with van der Waals surface area (Å²) in [6.45, 7) is 11.9. The summed E-state index contributed by atoms with van der Waals surface area (Å²) in [7, 11) is 0. The number of aliphatic imine (C=N–C) groups is 1. The molecule has 1 unspecified atom stereocenters. The first-order valence-corrected chi connectivity index (χ1v) is 6.32. The number of likely N-dealkylation sites (N-methyl/N-ethyl adjacent to an activating group) is 1. The van der Waals surface area contributed by atoms with Gasteiger partial charge in [0.2, 0.25) is 5.91 Å². The van der Waals surface area contributed by atoms with Crippen LogP contribution in [0, 0.1) is 5.92 Å². The predicted molar refractivity (Wildman–Crippen MR) is 72.1 cm³/mol. The number of amides is 1. The monoisotopic (exact) mass is 242 g/mol. The van der Waals surface area contributed by atoms with Crippen molar-refractivity contribution in [1.82, 2.24) is 16.0 Å². The van der Waals surface area contributed by atoms with Gasteiger partial charge in [-0.3, -0.25) is 4.79 Å². The SMILES string of the molecule is CCNC(=O)CN=C(NCC)NC(C)C(C)C. The van der Waals surface area contributed by atoms with E-state index < -0.39 is 0 Å². The molecule has 0 spiro atoms. The van der Waals surface area contributed by atoms with E-state index in [0.717, 1.165) is 6.54 Å². The van der Waals surface area contributed by atoms with E-state index in [-0.39, 0.29) is 12.5 Å². The quantitative estimate of drug-likeness (QED) is 0.475. The molecule has 0 radical (unpaired) electrons. The molecule has 0 aliphatic heterocycles. The lowest BCUT2D eigenvalue weighted by molar-refractivity contribution is -0.119. The van der Waals surface area contributed by atoms with E-state index >= 15 is 0 Å². The maximum atomic E-state index is 11.3. The summed E-state index contributed by atoms with van der Waals surface area (Å²) in [6, 6.07) is 0.321. The van der Waals surface area contributed by atoms with E-state index in [0.29, 0.717) is 24.5 Å². The molecule has 0 aromatic carbocycles. The van der Waals surface area contributed by atoms with Gasteiger partial charge in [0.1, 0.15) is 6.54 Å². The molecule has 5 nitrogen and oxygen atoms in total. The molecule has 5 heteroatoms. The molecule has 0 aromatic rings. The summed E-state index contributed by atoms with van der Waals surface area (Å²) in [5.41, 5.74) is 0. The lowest BCUT2D eigenvalue weighted by Gasteiger charge is -2.20. The molecular formula is C12H26N4O. The molecular weight excluding hydrogens is 216 g/mol. The van der Waals surface area contributed by atoms with Gasteiger partial charge in [-0.05, 0) is 26.7 Å². The summed E-state index contributed by atoms with van der Waals surface area (Å²) in [5, 5.41) is 9.12. The fraction of sp³-hybridized carbons (Fsp3) is 0.833. The molecule has 0 rings (SSSR count). The van der Waals surface area contributed by atoms with Crippen LogP contribution < -0.4 is 16.0 Å². The van der Waals surface area contributed by atoms with Gasteiger partial charge in [-0.15, -0.1) is 0 Å². The predicted octanol–water partition coefficient (Wildman–Crippen LogP) is 0.722. The van der Waals surface area contributed by atoms with Crippen LogP contribution in [0.15, 0.2) is 4.99 Å². The van der Waals surface area contributed by atoms with Crippen molar-refractivity contribution in [2.75, 3.05) is 19.6 Å². The Morgan fingerprint density at radius 2 is 1.71 bits per heavy atom. The fourth-order valence-corrected chi connectivity index (χ4v) is 1.11. The second kappa shape index (κ2) is 8.84. The van der Waals surface area contributed by atoms with E-state index in [1.165, 1.54) is 0 Å². The topological polar surface area (TPSA) is 65.5 Å². The van der Waals surface area contributed by atoms with Gasteiger partial charge in [-0.1, -0.05) is 13.8 Å². The second-order valence-electron chi connectivity index (χ2n) is 4.33. The van der Waals surface area contributed by atoms with Gasteiger partial charge in [0.15, 0.2) is 5.96 Å². The molecule has 0 heterocycles. The Balaban J connectivity index is 4.30. The van der Waals surface area contributed by atoms with E-state index in [9.17, 15) is 4.79 Å². The van der Waals surface area contributed by atoms with Crippen LogP contribution in [-0.4, -0.2) is 37.5 Å². The Morgan fingerprint density at radius 3 is 2.18 bits per heavy atom. The van der Waals surface area contributed by atoms with Crippen LogP contribution in [0.3, 0.4) is 0 Å². The number of rotatable bonds is 6. The zero-order valence-corrected chi connectivity index (χ0v) is 11.6. The normalized spacial score (nSPS) is 13.4. The number of hydrogen-bond donors (Lipinski definition) is 3. The Bertz CT molecular complexity index is 251. The maximum absolute atomic E-state index is 11.3. The van der Waals surface area contributed by atoms with Crippen molar-refractivity contribution in [1.29, 1.82) is 0 Å². The minimum Gasteiger partial charge on any atom is -0.357 e. The molecule has 17 heavy (non-hydrogen) atoms. The molecule has 0 fully saturated rings. The van der Waals surface area contributed by atoms with Crippen molar-refractivity contribution in [3.05, 3.63) is 0 Å². The fourth-order valence-electron chi connectivity index (χ4n) is 1.11. The minimum absolute atomic E-state index is 0.0538. The third-order valence-electron chi connectivity index (χ3n) is 2.46. The average molecular weight is 242 g/mol. The van der Waals surface area contributed by atoms with Crippen LogP contribution >= 0.6 is 0 Å². The van der Waals surface area contributed by atoms with E-state index in [1.54, 1.807) is 0 Å². The maximum Gasteiger partial charge on any atom is 0.241 e. The van der Waals surface area contributed by atoms with Crippen molar-refractivity contribution in [2.24, 2.45) is 10.9 Å². The Hall–Kier alpha value is -1.26. The molecule has 0 saturated heterocycles. The van der Waals surface area contributed by atoms with Gasteiger partial charge in [0.25, 0.3) is 0 Å². The number of nitrogens with zero attached hydrogens (tertiary/aromatic N) is 1. The third-order valence-corrected chi connectivity index (χ3v) is 2.46. The summed E-state index contributed by atoms with van der Waals surface area (Å²) in [4.78, 5) is 15.5. The zero-order valence-electron chi connectivity index (χ0n) is 11.6. The molecule has 1 atom stereocenters. The van der Waals surface area contributed by atoms with Crippen molar-refractivity contribution in [3.63, 3.8) is 0 Å². The highest BCUT2D eigenvalue weighted by Gasteiger charge is 2.09. The minimum atomic E-state index is -0.0538. The van der Waals surface area contributed by atoms with Crippen molar-refractivity contribution in [2.45, 2.75) is 40.7 Å². The van der Waals surface area contributed by atoms with Gasteiger partial charge >= 0.3 is 0 Å². The highest BCUT2D eigenvalue weighted by atomic mass is 16.1. The molecule has 0 saturated carbocycles. The standard InChI is InChI=1S/C12H26N4O/c1-6-13-11(17)8-15-12(14-7-2)16-10(5)9(3)4/h9-10H,6-8H2,1-5H3,(H,13,17)(H2,14,15,16). The summed E-state index contributed by atoms with van der Waals surface area (Å²) in [5.74, 6) is 1.16.